The van der Waals surface area contributed by atoms with E-state index in [9.17, 15) is 4.79 Å². The molecule has 0 aliphatic carbocycles. The normalized spacial score (nSPS) is 16.1. The third kappa shape index (κ3) is 5.33. The maximum absolute atomic E-state index is 12.0. The van der Waals surface area contributed by atoms with E-state index in [2.05, 4.69) is 14.9 Å². The van der Waals surface area contributed by atoms with Crippen LogP contribution in [0.15, 0.2) is 18.7 Å². The van der Waals surface area contributed by atoms with Crippen LogP contribution in [0.1, 0.15) is 38.5 Å². The Morgan fingerprint density at radius 2 is 1.95 bits per heavy atom. The first-order valence-electron chi connectivity index (χ1n) is 7.80. The molecule has 0 aromatic carbocycles. The summed E-state index contributed by atoms with van der Waals surface area (Å²) in [6.45, 7) is 4.30. The Labute approximate surface area is 121 Å². The minimum Gasteiger partial charge on any atom is -0.342 e. The molecule has 0 unspecified atom stereocenters. The molecule has 2 heterocycles. The molecule has 1 aromatic heterocycles. The molecule has 0 bridgehead atoms. The lowest BCUT2D eigenvalue weighted by Crippen LogP contribution is -2.39. The molecule has 5 heteroatoms. The van der Waals surface area contributed by atoms with Gasteiger partial charge in [-0.3, -0.25) is 4.79 Å². The highest BCUT2D eigenvalue weighted by molar-refractivity contribution is 5.78. The number of nitrogens with one attached hydrogen (secondary N) is 1. The fraction of sp³-hybridized carbons (Fsp3) is 0.733. The van der Waals surface area contributed by atoms with Crippen LogP contribution in [-0.4, -0.2) is 46.5 Å². The average molecular weight is 278 g/mol. The zero-order chi connectivity index (χ0) is 14.0. The number of imidazole rings is 1. The number of carbonyl (C=O) groups is 1. The molecule has 2 rings (SSSR count). The quantitative estimate of drug-likeness (QED) is 0.772. The van der Waals surface area contributed by atoms with E-state index >= 15 is 0 Å². The van der Waals surface area contributed by atoms with Crippen molar-refractivity contribution in [3.63, 3.8) is 0 Å². The lowest BCUT2D eigenvalue weighted by molar-refractivity contribution is -0.130. The Morgan fingerprint density at radius 1 is 1.15 bits per heavy atom. The lowest BCUT2D eigenvalue weighted by atomic mass is 10.2. The molecule has 0 atom stereocenters. The standard InChI is InChI=1S/C15H26N4O/c20-15(19-10-4-1-2-5-11-19)13-16-7-3-6-9-18-12-8-17-14-18/h8,12,14,16H,1-7,9-11,13H2. The third-order valence-electron chi connectivity index (χ3n) is 3.81. The van der Waals surface area contributed by atoms with Crippen molar-refractivity contribution in [1.82, 2.24) is 19.8 Å². The van der Waals surface area contributed by atoms with Crippen LogP contribution >= 0.6 is 0 Å². The van der Waals surface area contributed by atoms with Crippen LogP contribution in [0.3, 0.4) is 0 Å². The number of hydrogen-bond donors (Lipinski definition) is 1. The Bertz CT molecular complexity index is 369. The van der Waals surface area contributed by atoms with Gasteiger partial charge in [-0.05, 0) is 32.2 Å². The highest BCUT2D eigenvalue weighted by Crippen LogP contribution is 2.09. The molecule has 112 valence electrons. The number of unbranched alkanes of at least 4 members (excludes halogenated alkanes) is 1. The van der Waals surface area contributed by atoms with Crippen molar-refractivity contribution in [2.75, 3.05) is 26.2 Å². The number of likely N-dealkylation sites (tertiary alicyclic amines) is 1. The lowest BCUT2D eigenvalue weighted by Gasteiger charge is -2.20. The van der Waals surface area contributed by atoms with E-state index < -0.39 is 0 Å². The van der Waals surface area contributed by atoms with Gasteiger partial charge in [0.2, 0.25) is 5.91 Å². The molecule has 0 saturated carbocycles. The van der Waals surface area contributed by atoms with Gasteiger partial charge in [0.1, 0.15) is 0 Å². The van der Waals surface area contributed by atoms with Gasteiger partial charge in [-0.15, -0.1) is 0 Å². The van der Waals surface area contributed by atoms with Crippen molar-refractivity contribution in [3.05, 3.63) is 18.7 Å². The predicted octanol–water partition coefficient (Wildman–Crippen LogP) is 1.66. The van der Waals surface area contributed by atoms with Gasteiger partial charge in [0.15, 0.2) is 0 Å². The van der Waals surface area contributed by atoms with Crippen LogP contribution in [0, 0.1) is 0 Å². The van der Waals surface area contributed by atoms with Crippen LogP contribution in [0.2, 0.25) is 0 Å². The SMILES string of the molecule is O=C(CNCCCCn1ccnc1)N1CCCCCC1. The number of hydrogen-bond acceptors (Lipinski definition) is 3. The molecule has 0 radical (unpaired) electrons. The van der Waals surface area contributed by atoms with Gasteiger partial charge >= 0.3 is 0 Å². The number of nitrogens with zero attached hydrogens (tertiary/aromatic N) is 3. The van der Waals surface area contributed by atoms with Gasteiger partial charge in [0.25, 0.3) is 0 Å². The summed E-state index contributed by atoms with van der Waals surface area (Å²) in [5, 5.41) is 3.27. The first kappa shape index (κ1) is 15.0. The van der Waals surface area contributed by atoms with E-state index in [4.69, 9.17) is 0 Å². The van der Waals surface area contributed by atoms with Crippen LogP contribution < -0.4 is 5.32 Å². The Morgan fingerprint density at radius 3 is 2.65 bits per heavy atom. The maximum Gasteiger partial charge on any atom is 0.236 e. The summed E-state index contributed by atoms with van der Waals surface area (Å²) in [6.07, 6.45) is 12.7. The van der Waals surface area contributed by atoms with Crippen molar-refractivity contribution >= 4 is 5.91 Å². The zero-order valence-electron chi connectivity index (χ0n) is 12.3. The van der Waals surface area contributed by atoms with Crippen molar-refractivity contribution in [3.8, 4) is 0 Å². The first-order chi connectivity index (χ1) is 9.86. The number of aromatic nitrogens is 2. The number of carbonyl (C=O) groups excluding carboxylic acids is 1. The number of amides is 1. The second-order valence-electron chi connectivity index (χ2n) is 5.48. The largest absolute Gasteiger partial charge is 0.342 e. The van der Waals surface area contributed by atoms with Crippen LogP contribution in [0.4, 0.5) is 0 Å². The maximum atomic E-state index is 12.0. The van der Waals surface area contributed by atoms with E-state index in [0.717, 1.165) is 51.9 Å². The summed E-state index contributed by atoms with van der Waals surface area (Å²) in [5.74, 6) is 0.265. The molecule has 0 spiro atoms. The molecule has 1 saturated heterocycles. The van der Waals surface area contributed by atoms with Crippen LogP contribution in [0.5, 0.6) is 0 Å². The monoisotopic (exact) mass is 278 g/mol. The van der Waals surface area contributed by atoms with Crippen molar-refractivity contribution in [1.29, 1.82) is 0 Å². The van der Waals surface area contributed by atoms with Gasteiger partial charge in [-0.1, -0.05) is 12.8 Å². The fourth-order valence-electron chi connectivity index (χ4n) is 2.59. The fourth-order valence-corrected chi connectivity index (χ4v) is 2.59. The van der Waals surface area contributed by atoms with E-state index in [0.29, 0.717) is 6.54 Å². The molecule has 5 nitrogen and oxygen atoms in total. The molecule has 1 aliphatic rings. The molecular formula is C15H26N4O. The Kier molecular flexibility index (Phi) is 6.57. The molecule has 20 heavy (non-hydrogen) atoms. The Hall–Kier alpha value is -1.36. The van der Waals surface area contributed by atoms with Crippen molar-refractivity contribution < 1.29 is 4.79 Å². The van der Waals surface area contributed by atoms with Gasteiger partial charge in [-0.2, -0.15) is 0 Å². The molecule has 1 aromatic rings. The summed E-state index contributed by atoms with van der Waals surface area (Å²) >= 11 is 0. The second kappa shape index (κ2) is 8.74. The van der Waals surface area contributed by atoms with Crippen molar-refractivity contribution in [2.45, 2.75) is 45.1 Å². The Balaban J connectivity index is 1.50. The molecule has 1 N–H and O–H groups in total. The predicted molar refractivity (Wildman–Crippen MR) is 79.4 cm³/mol. The molecule has 1 amide bonds. The minimum atomic E-state index is 0.265. The summed E-state index contributed by atoms with van der Waals surface area (Å²) in [4.78, 5) is 18.1. The van der Waals surface area contributed by atoms with Crippen molar-refractivity contribution in [2.24, 2.45) is 0 Å². The first-order valence-corrected chi connectivity index (χ1v) is 7.80. The van der Waals surface area contributed by atoms with Gasteiger partial charge in [-0.25, -0.2) is 4.98 Å². The third-order valence-corrected chi connectivity index (χ3v) is 3.81. The van der Waals surface area contributed by atoms with E-state index in [1.807, 2.05) is 17.4 Å². The summed E-state index contributed by atoms with van der Waals surface area (Å²) in [7, 11) is 0. The van der Waals surface area contributed by atoms with E-state index in [-0.39, 0.29) is 5.91 Å². The molecule has 1 aliphatic heterocycles. The zero-order valence-corrected chi connectivity index (χ0v) is 12.3. The summed E-state index contributed by atoms with van der Waals surface area (Å²) in [5.41, 5.74) is 0. The number of rotatable bonds is 7. The van der Waals surface area contributed by atoms with E-state index in [1.54, 1.807) is 6.20 Å². The van der Waals surface area contributed by atoms with E-state index in [1.165, 1.54) is 12.8 Å². The second-order valence-corrected chi connectivity index (χ2v) is 5.48. The highest BCUT2D eigenvalue weighted by atomic mass is 16.2. The molecule has 1 fully saturated rings. The van der Waals surface area contributed by atoms with Crippen LogP contribution in [0.25, 0.3) is 0 Å². The number of aryl methyl sites for hydroxylation is 1. The smallest absolute Gasteiger partial charge is 0.236 e. The topological polar surface area (TPSA) is 50.2 Å². The molecular weight excluding hydrogens is 252 g/mol. The summed E-state index contributed by atoms with van der Waals surface area (Å²) < 4.78 is 2.09. The van der Waals surface area contributed by atoms with Gasteiger partial charge in [0.05, 0.1) is 12.9 Å². The average Bonchev–Trinajstić information content (AvgIpc) is 2.82. The van der Waals surface area contributed by atoms with Gasteiger partial charge < -0.3 is 14.8 Å². The van der Waals surface area contributed by atoms with Gasteiger partial charge in [0, 0.05) is 32.0 Å². The van der Waals surface area contributed by atoms with Crippen LogP contribution in [-0.2, 0) is 11.3 Å². The highest BCUT2D eigenvalue weighted by Gasteiger charge is 2.14. The summed E-state index contributed by atoms with van der Waals surface area (Å²) in [6, 6.07) is 0. The minimum absolute atomic E-state index is 0.265.